The highest BCUT2D eigenvalue weighted by Crippen LogP contribution is 2.18. The van der Waals surface area contributed by atoms with E-state index in [2.05, 4.69) is 20.5 Å². The van der Waals surface area contributed by atoms with Crippen molar-refractivity contribution in [2.45, 2.75) is 18.5 Å². The monoisotopic (exact) mass is 440 g/mol. The van der Waals surface area contributed by atoms with Gasteiger partial charge in [-0.1, -0.05) is 36.0 Å². The number of rotatable bonds is 7. The summed E-state index contributed by atoms with van der Waals surface area (Å²) in [6.45, 7) is 1.80. The Hall–Kier alpha value is -3.11. The van der Waals surface area contributed by atoms with E-state index in [0.29, 0.717) is 17.3 Å². The SMILES string of the molecule is Cc1c(NC(=O)CSc2n[nH]c(Cc3cccs3)n2)c(=O)n(-c2ccccc2)n1C. The minimum absolute atomic E-state index is 0.107. The van der Waals surface area contributed by atoms with Crippen LogP contribution >= 0.6 is 23.1 Å². The zero-order chi connectivity index (χ0) is 21.1. The van der Waals surface area contributed by atoms with E-state index in [-0.39, 0.29) is 22.9 Å². The van der Waals surface area contributed by atoms with Crippen molar-refractivity contribution < 1.29 is 4.79 Å². The van der Waals surface area contributed by atoms with Gasteiger partial charge in [-0.2, -0.15) is 0 Å². The standard InChI is InChI=1S/C20H20N6O2S2/c1-13-18(19(28)26(25(13)2)14-7-4-3-5-8-14)22-17(27)12-30-20-21-16(23-24-20)11-15-9-6-10-29-15/h3-10H,11-12H2,1-2H3,(H,22,27)(H,21,23,24). The zero-order valence-corrected chi connectivity index (χ0v) is 18.1. The highest BCUT2D eigenvalue weighted by atomic mass is 32.2. The number of H-pyrrole nitrogens is 1. The van der Waals surface area contributed by atoms with Gasteiger partial charge in [-0.3, -0.25) is 19.4 Å². The molecule has 1 aromatic carbocycles. The summed E-state index contributed by atoms with van der Waals surface area (Å²) >= 11 is 2.88. The smallest absolute Gasteiger partial charge is 0.295 e. The number of carbonyl (C=O) groups is 1. The van der Waals surface area contributed by atoms with Crippen LogP contribution in [0.4, 0.5) is 5.69 Å². The third-order valence-electron chi connectivity index (χ3n) is 4.58. The lowest BCUT2D eigenvalue weighted by atomic mass is 10.3. The minimum Gasteiger partial charge on any atom is -0.319 e. The van der Waals surface area contributed by atoms with Crippen molar-refractivity contribution in [3.8, 4) is 5.69 Å². The lowest BCUT2D eigenvalue weighted by Gasteiger charge is -2.07. The molecule has 10 heteroatoms. The van der Waals surface area contributed by atoms with Gasteiger partial charge in [0.05, 0.1) is 17.1 Å². The minimum atomic E-state index is -0.282. The van der Waals surface area contributed by atoms with Crippen LogP contribution < -0.4 is 10.9 Å². The first-order valence-electron chi connectivity index (χ1n) is 9.23. The normalized spacial score (nSPS) is 11.0. The number of nitrogens with zero attached hydrogens (tertiary/aromatic N) is 4. The molecule has 2 N–H and O–H groups in total. The number of nitrogens with one attached hydrogen (secondary N) is 2. The molecule has 0 atom stereocenters. The maximum Gasteiger partial charge on any atom is 0.295 e. The van der Waals surface area contributed by atoms with E-state index in [1.54, 1.807) is 30.0 Å². The molecule has 0 saturated heterocycles. The second-order valence-electron chi connectivity index (χ2n) is 6.59. The second-order valence-corrected chi connectivity index (χ2v) is 8.57. The fourth-order valence-corrected chi connectivity index (χ4v) is 4.34. The van der Waals surface area contributed by atoms with E-state index in [4.69, 9.17) is 0 Å². The van der Waals surface area contributed by atoms with Gasteiger partial charge >= 0.3 is 0 Å². The van der Waals surface area contributed by atoms with Crippen molar-refractivity contribution in [1.29, 1.82) is 0 Å². The molecule has 3 aromatic heterocycles. The van der Waals surface area contributed by atoms with Gasteiger partial charge < -0.3 is 5.32 Å². The van der Waals surface area contributed by atoms with E-state index >= 15 is 0 Å². The summed E-state index contributed by atoms with van der Waals surface area (Å²) in [7, 11) is 1.79. The largest absolute Gasteiger partial charge is 0.319 e. The molecule has 0 aliphatic rings. The third kappa shape index (κ3) is 4.24. The zero-order valence-electron chi connectivity index (χ0n) is 16.5. The van der Waals surface area contributed by atoms with Crippen LogP contribution in [0.3, 0.4) is 0 Å². The van der Waals surface area contributed by atoms with Crippen molar-refractivity contribution in [3.05, 3.63) is 74.6 Å². The molecule has 30 heavy (non-hydrogen) atoms. The summed E-state index contributed by atoms with van der Waals surface area (Å²) in [6, 6.07) is 13.3. The maximum atomic E-state index is 12.9. The molecule has 0 aliphatic carbocycles. The van der Waals surface area contributed by atoms with Gasteiger partial charge in [0.15, 0.2) is 0 Å². The van der Waals surface area contributed by atoms with Gasteiger partial charge in [0.1, 0.15) is 11.5 Å². The fraction of sp³-hybridized carbons (Fsp3) is 0.200. The van der Waals surface area contributed by atoms with Crippen molar-refractivity contribution in [2.24, 2.45) is 7.05 Å². The molecule has 4 aromatic rings. The topological polar surface area (TPSA) is 97.6 Å². The van der Waals surface area contributed by atoms with Gasteiger partial charge in [0.25, 0.3) is 5.56 Å². The number of hydrogen-bond acceptors (Lipinski definition) is 6. The molecule has 3 heterocycles. The predicted molar refractivity (Wildman–Crippen MR) is 119 cm³/mol. The molecule has 154 valence electrons. The number of para-hydroxylation sites is 1. The van der Waals surface area contributed by atoms with E-state index in [0.717, 1.165) is 11.5 Å². The first-order chi connectivity index (χ1) is 14.5. The number of hydrogen-bond donors (Lipinski definition) is 2. The Labute approximate surface area is 180 Å². The highest BCUT2D eigenvalue weighted by Gasteiger charge is 2.18. The Morgan fingerprint density at radius 1 is 1.23 bits per heavy atom. The van der Waals surface area contributed by atoms with Gasteiger partial charge in [0, 0.05) is 18.3 Å². The molecule has 0 radical (unpaired) electrons. The quantitative estimate of drug-likeness (QED) is 0.431. The number of benzene rings is 1. The summed E-state index contributed by atoms with van der Waals surface area (Å²) in [6.07, 6.45) is 0.680. The Kier molecular flexibility index (Phi) is 5.86. The Balaban J connectivity index is 1.41. The lowest BCUT2D eigenvalue weighted by Crippen LogP contribution is -2.23. The van der Waals surface area contributed by atoms with Crippen LogP contribution in [0.1, 0.15) is 16.4 Å². The Morgan fingerprint density at radius 3 is 2.77 bits per heavy atom. The second kappa shape index (κ2) is 8.72. The van der Waals surface area contributed by atoms with Crippen LogP contribution in [0.25, 0.3) is 5.69 Å². The fourth-order valence-electron chi connectivity index (χ4n) is 3.02. The Bertz CT molecular complexity index is 1210. The molecular formula is C20H20N6O2S2. The van der Waals surface area contributed by atoms with Crippen LogP contribution in [0, 0.1) is 6.92 Å². The molecule has 4 rings (SSSR count). The van der Waals surface area contributed by atoms with Gasteiger partial charge in [0.2, 0.25) is 11.1 Å². The van der Waals surface area contributed by atoms with Crippen LogP contribution in [0.15, 0.2) is 57.8 Å². The van der Waals surface area contributed by atoms with Crippen molar-refractivity contribution in [2.75, 3.05) is 11.1 Å². The average molecular weight is 441 g/mol. The summed E-state index contributed by atoms with van der Waals surface area (Å²) in [5, 5.41) is 12.3. The Morgan fingerprint density at radius 2 is 2.03 bits per heavy atom. The van der Waals surface area contributed by atoms with E-state index in [1.165, 1.54) is 21.3 Å². The number of amides is 1. The summed E-state index contributed by atoms with van der Waals surface area (Å²) in [5.41, 5.74) is 1.43. The van der Waals surface area contributed by atoms with Gasteiger partial charge in [-0.25, -0.2) is 9.67 Å². The number of aromatic amines is 1. The van der Waals surface area contributed by atoms with Crippen LogP contribution in [-0.2, 0) is 18.3 Å². The number of thiophene rings is 1. The van der Waals surface area contributed by atoms with Crippen LogP contribution in [-0.4, -0.2) is 36.2 Å². The van der Waals surface area contributed by atoms with Crippen molar-refractivity contribution >= 4 is 34.7 Å². The molecule has 0 fully saturated rings. The number of aromatic nitrogens is 5. The molecule has 0 spiro atoms. The van der Waals surface area contributed by atoms with E-state index < -0.39 is 0 Å². The number of anilines is 1. The van der Waals surface area contributed by atoms with E-state index in [9.17, 15) is 9.59 Å². The van der Waals surface area contributed by atoms with Crippen LogP contribution in [0.2, 0.25) is 0 Å². The molecule has 0 bridgehead atoms. The molecule has 1 amide bonds. The lowest BCUT2D eigenvalue weighted by molar-refractivity contribution is -0.113. The average Bonchev–Trinajstić information content (AvgIpc) is 3.46. The highest BCUT2D eigenvalue weighted by molar-refractivity contribution is 7.99. The summed E-state index contributed by atoms with van der Waals surface area (Å²) in [4.78, 5) is 30.9. The van der Waals surface area contributed by atoms with Crippen LogP contribution in [0.5, 0.6) is 0 Å². The molecule has 0 saturated carbocycles. The van der Waals surface area contributed by atoms with Gasteiger partial charge in [-0.15, -0.1) is 16.4 Å². The molecule has 0 unspecified atom stereocenters. The summed E-state index contributed by atoms with van der Waals surface area (Å²) < 4.78 is 3.26. The first-order valence-corrected chi connectivity index (χ1v) is 11.1. The number of carbonyl (C=O) groups excluding carboxylic acids is 1. The molecule has 0 aliphatic heterocycles. The predicted octanol–water partition coefficient (Wildman–Crippen LogP) is 2.99. The molecule has 8 nitrogen and oxygen atoms in total. The number of thioether (sulfide) groups is 1. The summed E-state index contributed by atoms with van der Waals surface area (Å²) in [5.74, 6) is 0.579. The third-order valence-corrected chi connectivity index (χ3v) is 6.31. The molecular weight excluding hydrogens is 420 g/mol. The van der Waals surface area contributed by atoms with Crippen molar-refractivity contribution in [1.82, 2.24) is 24.5 Å². The van der Waals surface area contributed by atoms with E-state index in [1.807, 2.05) is 47.8 Å². The first kappa shape index (κ1) is 20.2. The van der Waals surface area contributed by atoms with Crippen molar-refractivity contribution in [3.63, 3.8) is 0 Å². The maximum absolute atomic E-state index is 12.9. The van der Waals surface area contributed by atoms with Gasteiger partial charge in [-0.05, 0) is 30.5 Å².